The lowest BCUT2D eigenvalue weighted by atomic mass is 10.0. The van der Waals surface area contributed by atoms with E-state index in [0.29, 0.717) is 12.1 Å². The summed E-state index contributed by atoms with van der Waals surface area (Å²) in [5.41, 5.74) is 7.58. The maximum atomic E-state index is 6.00. The lowest BCUT2D eigenvalue weighted by Gasteiger charge is -2.11. The van der Waals surface area contributed by atoms with Gasteiger partial charge in [-0.3, -0.25) is 0 Å². The van der Waals surface area contributed by atoms with Crippen LogP contribution in [0.2, 0.25) is 0 Å². The Morgan fingerprint density at radius 1 is 1.27 bits per heavy atom. The molecule has 2 rings (SSSR count). The summed E-state index contributed by atoms with van der Waals surface area (Å²) >= 11 is 0. The van der Waals surface area contributed by atoms with Crippen LogP contribution in [0.1, 0.15) is 51.4 Å². The van der Waals surface area contributed by atoms with E-state index in [2.05, 4.69) is 6.08 Å². The zero-order valence-corrected chi connectivity index (χ0v) is 9.58. The fraction of sp³-hybridized carbons (Fsp3) is 0.846. The van der Waals surface area contributed by atoms with Gasteiger partial charge in [0.2, 0.25) is 0 Å². The van der Waals surface area contributed by atoms with Crippen molar-refractivity contribution >= 4 is 0 Å². The highest BCUT2D eigenvalue weighted by Gasteiger charge is 2.16. The molecule has 2 heteroatoms. The maximum Gasteiger partial charge on any atom is 0.0579 e. The van der Waals surface area contributed by atoms with E-state index in [9.17, 15) is 0 Å². The van der Waals surface area contributed by atoms with E-state index in [1.54, 1.807) is 5.57 Å². The van der Waals surface area contributed by atoms with Crippen molar-refractivity contribution in [1.29, 1.82) is 0 Å². The number of ether oxygens (including phenoxy) is 1. The quantitative estimate of drug-likeness (QED) is 0.725. The first-order valence-electron chi connectivity index (χ1n) is 6.41. The van der Waals surface area contributed by atoms with Gasteiger partial charge >= 0.3 is 0 Å². The van der Waals surface area contributed by atoms with Gasteiger partial charge in [0.05, 0.1) is 6.10 Å². The van der Waals surface area contributed by atoms with Crippen LogP contribution >= 0.6 is 0 Å². The number of hydrogen-bond acceptors (Lipinski definition) is 2. The predicted molar refractivity (Wildman–Crippen MR) is 62.7 cm³/mol. The fourth-order valence-electron chi connectivity index (χ4n) is 2.63. The van der Waals surface area contributed by atoms with Gasteiger partial charge in [-0.25, -0.2) is 0 Å². The van der Waals surface area contributed by atoms with Crippen LogP contribution in [-0.2, 0) is 4.74 Å². The Hall–Kier alpha value is -0.340. The van der Waals surface area contributed by atoms with Gasteiger partial charge in [-0.05, 0) is 44.9 Å². The summed E-state index contributed by atoms with van der Waals surface area (Å²) in [6, 6.07) is 0.312. The molecule has 15 heavy (non-hydrogen) atoms. The van der Waals surface area contributed by atoms with Gasteiger partial charge < -0.3 is 10.5 Å². The van der Waals surface area contributed by atoms with Gasteiger partial charge in [-0.1, -0.05) is 18.1 Å². The molecule has 0 aromatic carbocycles. The van der Waals surface area contributed by atoms with Gasteiger partial charge in [-0.15, -0.1) is 0 Å². The molecule has 1 aliphatic carbocycles. The molecule has 0 radical (unpaired) electrons. The molecule has 2 N–H and O–H groups in total. The van der Waals surface area contributed by atoms with Crippen LogP contribution in [0.4, 0.5) is 0 Å². The van der Waals surface area contributed by atoms with Crippen LogP contribution in [0.5, 0.6) is 0 Å². The number of hydrogen-bond donors (Lipinski definition) is 1. The van der Waals surface area contributed by atoms with E-state index in [0.717, 1.165) is 6.61 Å². The lowest BCUT2D eigenvalue weighted by Crippen LogP contribution is -2.16. The minimum absolute atomic E-state index is 0.312. The highest BCUT2D eigenvalue weighted by atomic mass is 16.5. The van der Waals surface area contributed by atoms with Crippen LogP contribution in [0.15, 0.2) is 11.6 Å². The fourth-order valence-corrected chi connectivity index (χ4v) is 2.63. The number of allylic oxidation sites excluding steroid dienone is 1. The molecule has 1 heterocycles. The first kappa shape index (κ1) is 11.2. The predicted octanol–water partition coefficient (Wildman–Crippen LogP) is 2.77. The molecule has 2 atom stereocenters. The molecular weight excluding hydrogens is 186 g/mol. The van der Waals surface area contributed by atoms with Crippen molar-refractivity contribution in [3.05, 3.63) is 11.6 Å². The van der Waals surface area contributed by atoms with Crippen LogP contribution in [0.25, 0.3) is 0 Å². The zero-order chi connectivity index (χ0) is 10.5. The highest BCUT2D eigenvalue weighted by molar-refractivity contribution is 5.08. The smallest absolute Gasteiger partial charge is 0.0579 e. The second kappa shape index (κ2) is 5.66. The van der Waals surface area contributed by atoms with Gasteiger partial charge in [0.25, 0.3) is 0 Å². The van der Waals surface area contributed by atoms with Gasteiger partial charge in [-0.2, -0.15) is 0 Å². The molecule has 0 amide bonds. The zero-order valence-electron chi connectivity index (χ0n) is 9.58. The normalized spacial score (nSPS) is 32.5. The van der Waals surface area contributed by atoms with Crippen molar-refractivity contribution in [3.8, 4) is 0 Å². The third-order valence-electron chi connectivity index (χ3n) is 3.55. The van der Waals surface area contributed by atoms with Crippen molar-refractivity contribution in [3.63, 3.8) is 0 Å². The SMILES string of the molecule is NC1C=C(CCC2CCCO2)CCCC1. The molecule has 1 fully saturated rings. The molecule has 2 unspecified atom stereocenters. The molecule has 1 aliphatic heterocycles. The van der Waals surface area contributed by atoms with Gasteiger partial charge in [0.1, 0.15) is 0 Å². The Kier molecular flexibility index (Phi) is 4.21. The molecule has 2 aliphatic rings. The van der Waals surface area contributed by atoms with Crippen LogP contribution < -0.4 is 5.73 Å². The summed E-state index contributed by atoms with van der Waals surface area (Å²) in [4.78, 5) is 0. The summed E-state index contributed by atoms with van der Waals surface area (Å²) in [6.45, 7) is 0.975. The van der Waals surface area contributed by atoms with E-state index in [-0.39, 0.29) is 0 Å². The van der Waals surface area contributed by atoms with E-state index >= 15 is 0 Å². The molecule has 1 saturated heterocycles. The second-order valence-electron chi connectivity index (χ2n) is 4.91. The van der Waals surface area contributed by atoms with Crippen molar-refractivity contribution in [2.24, 2.45) is 5.73 Å². The van der Waals surface area contributed by atoms with E-state index in [4.69, 9.17) is 10.5 Å². The largest absolute Gasteiger partial charge is 0.378 e. The third kappa shape index (κ3) is 3.62. The van der Waals surface area contributed by atoms with E-state index < -0.39 is 0 Å². The van der Waals surface area contributed by atoms with Gasteiger partial charge in [0, 0.05) is 12.6 Å². The van der Waals surface area contributed by atoms with Crippen molar-refractivity contribution in [1.82, 2.24) is 0 Å². The minimum Gasteiger partial charge on any atom is -0.378 e. The molecule has 0 saturated carbocycles. The Labute approximate surface area is 92.9 Å². The summed E-state index contributed by atoms with van der Waals surface area (Å²) in [7, 11) is 0. The van der Waals surface area contributed by atoms with E-state index in [1.165, 1.54) is 51.4 Å². The third-order valence-corrected chi connectivity index (χ3v) is 3.55. The number of nitrogens with two attached hydrogens (primary N) is 1. The average molecular weight is 209 g/mol. The highest BCUT2D eigenvalue weighted by Crippen LogP contribution is 2.24. The summed E-state index contributed by atoms with van der Waals surface area (Å²) in [5.74, 6) is 0. The van der Waals surface area contributed by atoms with Crippen LogP contribution in [0, 0.1) is 0 Å². The van der Waals surface area contributed by atoms with Crippen molar-refractivity contribution < 1.29 is 4.74 Å². The standard InChI is InChI=1S/C13H23NO/c14-12-5-2-1-4-11(10-12)7-8-13-6-3-9-15-13/h10,12-13H,1-9,14H2. The lowest BCUT2D eigenvalue weighted by molar-refractivity contribution is 0.104. The summed E-state index contributed by atoms with van der Waals surface area (Å²) in [6.07, 6.45) is 12.8. The molecule has 86 valence electrons. The first-order chi connectivity index (χ1) is 7.34. The topological polar surface area (TPSA) is 35.2 Å². The maximum absolute atomic E-state index is 6.00. The second-order valence-corrected chi connectivity index (χ2v) is 4.91. The van der Waals surface area contributed by atoms with Gasteiger partial charge in [0.15, 0.2) is 0 Å². The monoisotopic (exact) mass is 209 g/mol. The van der Waals surface area contributed by atoms with Crippen molar-refractivity contribution in [2.75, 3.05) is 6.61 Å². The number of rotatable bonds is 3. The Bertz CT molecular complexity index is 219. The Morgan fingerprint density at radius 3 is 3.00 bits per heavy atom. The van der Waals surface area contributed by atoms with Crippen LogP contribution in [-0.4, -0.2) is 18.8 Å². The molecular formula is C13H23NO. The minimum atomic E-state index is 0.312. The van der Waals surface area contributed by atoms with E-state index in [1.807, 2.05) is 0 Å². The summed E-state index contributed by atoms with van der Waals surface area (Å²) < 4.78 is 5.64. The molecule has 0 aromatic rings. The summed E-state index contributed by atoms with van der Waals surface area (Å²) in [5, 5.41) is 0. The molecule has 0 bridgehead atoms. The average Bonchev–Trinajstić information content (AvgIpc) is 2.65. The molecule has 0 aromatic heterocycles. The van der Waals surface area contributed by atoms with Crippen molar-refractivity contribution in [2.45, 2.75) is 63.5 Å². The molecule has 2 nitrogen and oxygen atoms in total. The van der Waals surface area contributed by atoms with Crippen LogP contribution in [0.3, 0.4) is 0 Å². The Balaban J connectivity index is 1.76. The Morgan fingerprint density at radius 2 is 2.20 bits per heavy atom. The molecule has 0 spiro atoms. The first-order valence-corrected chi connectivity index (χ1v) is 6.41.